The van der Waals surface area contributed by atoms with Crippen LogP contribution in [0.25, 0.3) is 6.08 Å². The molecule has 6 heteroatoms. The van der Waals surface area contributed by atoms with Gasteiger partial charge in [-0.2, -0.15) is 0 Å². The number of benzene rings is 2. The second kappa shape index (κ2) is 10.9. The van der Waals surface area contributed by atoms with E-state index in [0.29, 0.717) is 23.0 Å². The molecule has 154 valence electrons. The summed E-state index contributed by atoms with van der Waals surface area (Å²) in [6.45, 7) is 4.38. The molecule has 2 rings (SSSR count). The molecule has 0 bridgehead atoms. The Balaban J connectivity index is 2.20. The van der Waals surface area contributed by atoms with Gasteiger partial charge in [-0.05, 0) is 60.4 Å². The van der Waals surface area contributed by atoms with Gasteiger partial charge >= 0.3 is 5.97 Å². The monoisotopic (exact) mass is 397 g/mol. The predicted octanol–water partition coefficient (Wildman–Crippen LogP) is 4.06. The molecular formula is C23H27NO5. The molecule has 0 aliphatic heterocycles. The van der Waals surface area contributed by atoms with Gasteiger partial charge in [0.05, 0.1) is 20.8 Å². The van der Waals surface area contributed by atoms with Crippen molar-refractivity contribution in [3.8, 4) is 11.5 Å². The Morgan fingerprint density at radius 2 is 1.48 bits per heavy atom. The van der Waals surface area contributed by atoms with Crippen molar-refractivity contribution in [3.05, 3.63) is 65.4 Å². The SMILES string of the molecule is COc1ccc(/C=C(\NC(=O)c2ccc(OC)cc2)C(=O)OCCC(C)C)cc1. The summed E-state index contributed by atoms with van der Waals surface area (Å²) in [7, 11) is 3.13. The van der Waals surface area contributed by atoms with Gasteiger partial charge in [0.15, 0.2) is 0 Å². The minimum absolute atomic E-state index is 0.0692. The van der Waals surface area contributed by atoms with E-state index in [9.17, 15) is 9.59 Å². The largest absolute Gasteiger partial charge is 0.497 e. The first-order valence-electron chi connectivity index (χ1n) is 9.41. The number of hydrogen-bond donors (Lipinski definition) is 1. The van der Waals surface area contributed by atoms with E-state index in [2.05, 4.69) is 5.32 Å². The van der Waals surface area contributed by atoms with E-state index in [4.69, 9.17) is 14.2 Å². The second-order valence-corrected chi connectivity index (χ2v) is 6.83. The maximum absolute atomic E-state index is 12.6. The van der Waals surface area contributed by atoms with E-state index in [1.807, 2.05) is 13.8 Å². The highest BCUT2D eigenvalue weighted by Crippen LogP contribution is 2.15. The highest BCUT2D eigenvalue weighted by molar-refractivity contribution is 6.03. The summed E-state index contributed by atoms with van der Waals surface area (Å²) >= 11 is 0. The minimum Gasteiger partial charge on any atom is -0.497 e. The molecule has 0 heterocycles. The average molecular weight is 397 g/mol. The highest BCUT2D eigenvalue weighted by atomic mass is 16.5. The molecule has 6 nitrogen and oxygen atoms in total. The zero-order valence-electron chi connectivity index (χ0n) is 17.2. The first kappa shape index (κ1) is 22.0. The van der Waals surface area contributed by atoms with Crippen LogP contribution in [0.4, 0.5) is 0 Å². The molecule has 0 aliphatic rings. The van der Waals surface area contributed by atoms with Crippen molar-refractivity contribution in [2.24, 2.45) is 5.92 Å². The fourth-order valence-corrected chi connectivity index (χ4v) is 2.41. The van der Waals surface area contributed by atoms with Crippen LogP contribution >= 0.6 is 0 Å². The summed E-state index contributed by atoms with van der Waals surface area (Å²) in [5, 5.41) is 2.66. The smallest absolute Gasteiger partial charge is 0.354 e. The molecule has 2 aromatic carbocycles. The number of nitrogens with one attached hydrogen (secondary N) is 1. The van der Waals surface area contributed by atoms with Crippen LogP contribution in [-0.4, -0.2) is 32.7 Å². The lowest BCUT2D eigenvalue weighted by Gasteiger charge is -2.12. The minimum atomic E-state index is -0.580. The second-order valence-electron chi connectivity index (χ2n) is 6.83. The third kappa shape index (κ3) is 6.99. The maximum atomic E-state index is 12.6. The predicted molar refractivity (Wildman–Crippen MR) is 112 cm³/mol. The van der Waals surface area contributed by atoms with E-state index in [0.717, 1.165) is 12.0 Å². The van der Waals surface area contributed by atoms with Crippen LogP contribution in [-0.2, 0) is 9.53 Å². The van der Waals surface area contributed by atoms with E-state index in [1.165, 1.54) is 0 Å². The zero-order valence-corrected chi connectivity index (χ0v) is 17.2. The van der Waals surface area contributed by atoms with Crippen molar-refractivity contribution in [1.82, 2.24) is 5.32 Å². The molecule has 0 saturated heterocycles. The topological polar surface area (TPSA) is 73.9 Å². The van der Waals surface area contributed by atoms with E-state index in [-0.39, 0.29) is 12.3 Å². The Labute approximate surface area is 171 Å². The van der Waals surface area contributed by atoms with Gasteiger partial charge in [0.1, 0.15) is 17.2 Å². The third-order valence-electron chi connectivity index (χ3n) is 4.18. The van der Waals surface area contributed by atoms with Gasteiger partial charge in [-0.25, -0.2) is 4.79 Å². The van der Waals surface area contributed by atoms with Crippen molar-refractivity contribution in [2.45, 2.75) is 20.3 Å². The normalized spacial score (nSPS) is 11.1. The number of amides is 1. The molecule has 0 unspecified atom stereocenters. The van der Waals surface area contributed by atoms with E-state index in [1.54, 1.807) is 68.8 Å². The van der Waals surface area contributed by atoms with Gasteiger partial charge in [-0.15, -0.1) is 0 Å². The van der Waals surface area contributed by atoms with E-state index < -0.39 is 11.9 Å². The summed E-state index contributed by atoms with van der Waals surface area (Å²) in [6.07, 6.45) is 2.33. The number of methoxy groups -OCH3 is 2. The van der Waals surface area contributed by atoms with Crippen molar-refractivity contribution >= 4 is 18.0 Å². The van der Waals surface area contributed by atoms with Crippen LogP contribution in [0.3, 0.4) is 0 Å². The van der Waals surface area contributed by atoms with Gasteiger partial charge in [0, 0.05) is 5.56 Å². The lowest BCUT2D eigenvalue weighted by molar-refractivity contribution is -0.139. The molecule has 0 fully saturated rings. The molecule has 1 amide bonds. The average Bonchev–Trinajstić information content (AvgIpc) is 2.73. The molecule has 0 aliphatic carbocycles. The van der Waals surface area contributed by atoms with E-state index >= 15 is 0 Å². The zero-order chi connectivity index (χ0) is 21.2. The molecule has 0 spiro atoms. The number of carbonyl (C=O) groups excluding carboxylic acids is 2. The van der Waals surface area contributed by atoms with Gasteiger partial charge in [-0.3, -0.25) is 4.79 Å². The first-order chi connectivity index (χ1) is 13.9. The van der Waals surface area contributed by atoms with Crippen LogP contribution in [0, 0.1) is 5.92 Å². The Kier molecular flexibility index (Phi) is 8.27. The molecule has 29 heavy (non-hydrogen) atoms. The number of hydrogen-bond acceptors (Lipinski definition) is 5. The lowest BCUT2D eigenvalue weighted by Crippen LogP contribution is -2.28. The Morgan fingerprint density at radius 3 is 2.00 bits per heavy atom. The summed E-state index contributed by atoms with van der Waals surface area (Å²) in [5.41, 5.74) is 1.21. The van der Waals surface area contributed by atoms with Gasteiger partial charge in [0.25, 0.3) is 5.91 Å². The number of esters is 1. The van der Waals surface area contributed by atoms with Gasteiger partial charge in [-0.1, -0.05) is 26.0 Å². The van der Waals surface area contributed by atoms with Crippen LogP contribution in [0.15, 0.2) is 54.2 Å². The number of carbonyl (C=O) groups is 2. The molecule has 0 radical (unpaired) electrons. The number of ether oxygens (including phenoxy) is 3. The number of rotatable bonds is 9. The van der Waals surface area contributed by atoms with Gasteiger partial charge < -0.3 is 19.5 Å². The summed E-state index contributed by atoms with van der Waals surface area (Å²) < 4.78 is 15.6. The van der Waals surface area contributed by atoms with Crippen molar-refractivity contribution in [1.29, 1.82) is 0 Å². The van der Waals surface area contributed by atoms with Crippen LogP contribution < -0.4 is 14.8 Å². The van der Waals surface area contributed by atoms with Crippen molar-refractivity contribution in [2.75, 3.05) is 20.8 Å². The third-order valence-corrected chi connectivity index (χ3v) is 4.18. The van der Waals surface area contributed by atoms with Crippen molar-refractivity contribution in [3.63, 3.8) is 0 Å². The molecular weight excluding hydrogens is 370 g/mol. The first-order valence-corrected chi connectivity index (χ1v) is 9.41. The molecule has 0 aromatic heterocycles. The maximum Gasteiger partial charge on any atom is 0.354 e. The van der Waals surface area contributed by atoms with Gasteiger partial charge in [0.2, 0.25) is 0 Å². The van der Waals surface area contributed by atoms with Crippen LogP contribution in [0.1, 0.15) is 36.2 Å². The lowest BCUT2D eigenvalue weighted by atomic mass is 10.1. The summed E-state index contributed by atoms with van der Waals surface area (Å²) in [5.74, 6) is 0.761. The molecule has 0 saturated carbocycles. The molecule has 2 aromatic rings. The Bertz CT molecular complexity index is 839. The fourth-order valence-electron chi connectivity index (χ4n) is 2.41. The fraction of sp³-hybridized carbons (Fsp3) is 0.304. The Morgan fingerprint density at radius 1 is 0.931 bits per heavy atom. The quantitative estimate of drug-likeness (QED) is 0.510. The standard InChI is InChI=1S/C23H27NO5/c1-16(2)13-14-29-23(26)21(15-17-5-9-19(27-3)10-6-17)24-22(25)18-7-11-20(28-4)12-8-18/h5-12,15-16H,13-14H2,1-4H3,(H,24,25)/b21-15-. The molecule has 1 N–H and O–H groups in total. The molecule has 0 atom stereocenters. The summed E-state index contributed by atoms with van der Waals surface area (Å²) in [4.78, 5) is 25.2. The summed E-state index contributed by atoms with van der Waals surface area (Å²) in [6, 6.07) is 13.8. The highest BCUT2D eigenvalue weighted by Gasteiger charge is 2.16. The Hall–Kier alpha value is -3.28. The van der Waals surface area contributed by atoms with Crippen LogP contribution in [0.5, 0.6) is 11.5 Å². The van der Waals surface area contributed by atoms with Crippen LogP contribution in [0.2, 0.25) is 0 Å². The van der Waals surface area contributed by atoms with Crippen molar-refractivity contribution < 1.29 is 23.8 Å².